The number of aryl methyl sites for hydroxylation is 1. The quantitative estimate of drug-likeness (QED) is 0.861. The number of anilines is 1. The van der Waals surface area contributed by atoms with Gasteiger partial charge in [-0.2, -0.15) is 0 Å². The molecule has 2 aromatic carbocycles. The minimum atomic E-state index is 0.890. The maximum absolute atomic E-state index is 5.85. The molecule has 0 aromatic heterocycles. The highest BCUT2D eigenvalue weighted by Crippen LogP contribution is 2.21. The van der Waals surface area contributed by atoms with Gasteiger partial charge in [-0.3, -0.25) is 4.90 Å². The van der Waals surface area contributed by atoms with Gasteiger partial charge < -0.3 is 5.73 Å². The normalized spacial score (nSPS) is 15.0. The molecule has 2 heteroatoms. The van der Waals surface area contributed by atoms with E-state index in [0.29, 0.717) is 0 Å². The van der Waals surface area contributed by atoms with Crippen LogP contribution in [0, 0.1) is 0 Å². The highest BCUT2D eigenvalue weighted by atomic mass is 15.1. The van der Waals surface area contributed by atoms with Crippen LogP contribution < -0.4 is 5.73 Å². The molecule has 0 saturated heterocycles. The van der Waals surface area contributed by atoms with E-state index in [4.69, 9.17) is 5.73 Å². The standard InChI is InChI=1S/C18H22N2/c19-18-9-8-17-14-20(12-10-16(17)13-18)11-4-7-15-5-2-1-3-6-15/h1-3,5-6,8-9,13H,4,7,10-12,14,19H2. The van der Waals surface area contributed by atoms with Crippen molar-refractivity contribution in [3.05, 3.63) is 65.2 Å². The molecule has 0 bridgehead atoms. The zero-order valence-corrected chi connectivity index (χ0v) is 11.9. The fourth-order valence-corrected chi connectivity index (χ4v) is 2.97. The number of hydrogen-bond donors (Lipinski definition) is 1. The molecule has 0 spiro atoms. The maximum atomic E-state index is 5.85. The first-order valence-electron chi connectivity index (χ1n) is 7.45. The molecule has 2 aromatic rings. The number of fused-ring (bicyclic) bond motifs is 1. The summed E-state index contributed by atoms with van der Waals surface area (Å²) in [4.78, 5) is 2.56. The van der Waals surface area contributed by atoms with Crippen LogP contribution in [-0.2, 0) is 19.4 Å². The van der Waals surface area contributed by atoms with Crippen LogP contribution in [0.4, 0.5) is 5.69 Å². The summed E-state index contributed by atoms with van der Waals surface area (Å²) in [6.07, 6.45) is 3.53. The van der Waals surface area contributed by atoms with Crippen molar-refractivity contribution in [1.82, 2.24) is 4.90 Å². The van der Waals surface area contributed by atoms with Gasteiger partial charge in [0.15, 0.2) is 0 Å². The molecule has 0 aliphatic carbocycles. The number of benzene rings is 2. The lowest BCUT2D eigenvalue weighted by Crippen LogP contribution is -2.31. The van der Waals surface area contributed by atoms with Gasteiger partial charge in [-0.15, -0.1) is 0 Å². The molecule has 0 atom stereocenters. The smallest absolute Gasteiger partial charge is 0.0316 e. The van der Waals surface area contributed by atoms with E-state index in [1.54, 1.807) is 0 Å². The molecular formula is C18H22N2. The first-order chi connectivity index (χ1) is 9.81. The number of nitrogens with zero attached hydrogens (tertiary/aromatic N) is 1. The Morgan fingerprint density at radius 2 is 1.85 bits per heavy atom. The second-order valence-corrected chi connectivity index (χ2v) is 5.64. The van der Waals surface area contributed by atoms with Crippen molar-refractivity contribution in [1.29, 1.82) is 0 Å². The molecule has 0 saturated carbocycles. The summed E-state index contributed by atoms with van der Waals surface area (Å²) in [6, 6.07) is 17.1. The van der Waals surface area contributed by atoms with Crippen LogP contribution in [0.5, 0.6) is 0 Å². The summed E-state index contributed by atoms with van der Waals surface area (Å²) in [5.74, 6) is 0. The Bertz CT molecular complexity index is 563. The van der Waals surface area contributed by atoms with Gasteiger partial charge in [-0.05, 0) is 54.6 Å². The van der Waals surface area contributed by atoms with Crippen molar-refractivity contribution in [3.8, 4) is 0 Å². The van der Waals surface area contributed by atoms with E-state index in [-0.39, 0.29) is 0 Å². The van der Waals surface area contributed by atoms with Crippen LogP contribution in [0.1, 0.15) is 23.1 Å². The lowest BCUT2D eigenvalue weighted by molar-refractivity contribution is 0.251. The van der Waals surface area contributed by atoms with E-state index in [2.05, 4.69) is 47.4 Å². The van der Waals surface area contributed by atoms with E-state index in [9.17, 15) is 0 Å². The highest BCUT2D eigenvalue weighted by Gasteiger charge is 2.15. The molecule has 1 aliphatic rings. The van der Waals surface area contributed by atoms with Crippen molar-refractivity contribution in [3.63, 3.8) is 0 Å². The molecule has 20 heavy (non-hydrogen) atoms. The van der Waals surface area contributed by atoms with Crippen LogP contribution >= 0.6 is 0 Å². The van der Waals surface area contributed by atoms with Crippen LogP contribution in [0.2, 0.25) is 0 Å². The van der Waals surface area contributed by atoms with Gasteiger partial charge in [0, 0.05) is 18.8 Å². The molecule has 2 N–H and O–H groups in total. The van der Waals surface area contributed by atoms with E-state index in [1.807, 2.05) is 6.07 Å². The molecule has 2 nitrogen and oxygen atoms in total. The molecule has 0 fully saturated rings. The lowest BCUT2D eigenvalue weighted by Gasteiger charge is -2.28. The molecule has 0 radical (unpaired) electrons. The molecule has 1 heterocycles. The second kappa shape index (κ2) is 6.10. The SMILES string of the molecule is Nc1ccc2c(c1)CCN(CCCc1ccccc1)C2. The summed E-state index contributed by atoms with van der Waals surface area (Å²) >= 11 is 0. The third-order valence-electron chi connectivity index (χ3n) is 4.10. The minimum absolute atomic E-state index is 0.890. The summed E-state index contributed by atoms with van der Waals surface area (Å²) < 4.78 is 0. The fourth-order valence-electron chi connectivity index (χ4n) is 2.97. The number of nitrogen functional groups attached to an aromatic ring is 1. The van der Waals surface area contributed by atoms with E-state index >= 15 is 0 Å². The molecule has 3 rings (SSSR count). The average Bonchev–Trinajstić information content (AvgIpc) is 2.48. The van der Waals surface area contributed by atoms with Gasteiger partial charge in [0.2, 0.25) is 0 Å². The topological polar surface area (TPSA) is 29.3 Å². The minimum Gasteiger partial charge on any atom is -0.399 e. The van der Waals surface area contributed by atoms with Crippen LogP contribution in [0.25, 0.3) is 0 Å². The van der Waals surface area contributed by atoms with Gasteiger partial charge in [0.05, 0.1) is 0 Å². The van der Waals surface area contributed by atoms with Crippen molar-refractivity contribution in [2.24, 2.45) is 0 Å². The largest absolute Gasteiger partial charge is 0.399 e. The summed E-state index contributed by atoms with van der Waals surface area (Å²) in [6.45, 7) is 3.41. The van der Waals surface area contributed by atoms with Gasteiger partial charge in [-0.1, -0.05) is 36.4 Å². The average molecular weight is 266 g/mol. The van der Waals surface area contributed by atoms with E-state index in [1.165, 1.54) is 36.1 Å². The molecule has 0 unspecified atom stereocenters. The van der Waals surface area contributed by atoms with Gasteiger partial charge in [0.1, 0.15) is 0 Å². The first-order valence-corrected chi connectivity index (χ1v) is 7.45. The Balaban J connectivity index is 1.52. The molecule has 1 aliphatic heterocycles. The first kappa shape index (κ1) is 13.2. The fraction of sp³-hybridized carbons (Fsp3) is 0.333. The third-order valence-corrected chi connectivity index (χ3v) is 4.10. The predicted molar refractivity (Wildman–Crippen MR) is 84.6 cm³/mol. The third kappa shape index (κ3) is 3.20. The predicted octanol–water partition coefficient (Wildman–Crippen LogP) is 3.26. The Hall–Kier alpha value is -1.80. The Kier molecular flexibility index (Phi) is 4.03. The molecule has 0 amide bonds. The van der Waals surface area contributed by atoms with E-state index < -0.39 is 0 Å². The van der Waals surface area contributed by atoms with Crippen molar-refractivity contribution < 1.29 is 0 Å². The monoisotopic (exact) mass is 266 g/mol. The van der Waals surface area contributed by atoms with Gasteiger partial charge in [0.25, 0.3) is 0 Å². The van der Waals surface area contributed by atoms with Crippen molar-refractivity contribution in [2.45, 2.75) is 25.8 Å². The summed E-state index contributed by atoms with van der Waals surface area (Å²) in [5.41, 5.74) is 11.1. The summed E-state index contributed by atoms with van der Waals surface area (Å²) in [7, 11) is 0. The van der Waals surface area contributed by atoms with Crippen molar-refractivity contribution in [2.75, 3.05) is 18.8 Å². The van der Waals surface area contributed by atoms with Gasteiger partial charge in [-0.25, -0.2) is 0 Å². The van der Waals surface area contributed by atoms with Crippen molar-refractivity contribution >= 4 is 5.69 Å². The number of nitrogens with two attached hydrogens (primary N) is 1. The summed E-state index contributed by atoms with van der Waals surface area (Å²) in [5, 5.41) is 0. The maximum Gasteiger partial charge on any atom is 0.0316 e. The molecule has 104 valence electrons. The number of hydrogen-bond acceptors (Lipinski definition) is 2. The van der Waals surface area contributed by atoms with Gasteiger partial charge >= 0.3 is 0 Å². The Morgan fingerprint density at radius 3 is 2.70 bits per heavy atom. The van der Waals surface area contributed by atoms with Crippen LogP contribution in [-0.4, -0.2) is 18.0 Å². The Labute approximate surface area is 121 Å². The molecular weight excluding hydrogens is 244 g/mol. The zero-order valence-electron chi connectivity index (χ0n) is 11.9. The van der Waals surface area contributed by atoms with E-state index in [0.717, 1.165) is 25.2 Å². The number of rotatable bonds is 4. The lowest BCUT2D eigenvalue weighted by atomic mass is 9.99. The Morgan fingerprint density at radius 1 is 1.00 bits per heavy atom. The highest BCUT2D eigenvalue weighted by molar-refractivity contribution is 5.45. The van der Waals surface area contributed by atoms with Crippen LogP contribution in [0.3, 0.4) is 0 Å². The van der Waals surface area contributed by atoms with Crippen LogP contribution in [0.15, 0.2) is 48.5 Å². The zero-order chi connectivity index (χ0) is 13.8. The second-order valence-electron chi connectivity index (χ2n) is 5.64.